The molecule has 5 rings (SSSR count). The number of hydrogen-bond donors (Lipinski definition) is 0. The highest BCUT2D eigenvalue weighted by Gasteiger charge is 2.37. The highest BCUT2D eigenvalue weighted by molar-refractivity contribution is 5.94. The first-order valence-electron chi connectivity index (χ1n) is 11.9. The van der Waals surface area contributed by atoms with Gasteiger partial charge in [-0.25, -0.2) is 8.78 Å². The number of amides is 1. The van der Waals surface area contributed by atoms with Gasteiger partial charge in [0.1, 0.15) is 11.6 Å². The minimum Gasteiger partial charge on any atom is -0.369 e. The molecule has 0 aliphatic carbocycles. The van der Waals surface area contributed by atoms with Crippen LogP contribution in [-0.2, 0) is 0 Å². The molecular weight excluding hydrogens is 432 g/mol. The Balaban J connectivity index is 1.26. The first kappa shape index (κ1) is 22.5. The fourth-order valence-corrected chi connectivity index (χ4v) is 5.25. The monoisotopic (exact) mass is 461 g/mol. The smallest absolute Gasteiger partial charge is 0.253 e. The van der Waals surface area contributed by atoms with Crippen LogP contribution >= 0.6 is 0 Å². The van der Waals surface area contributed by atoms with Crippen LogP contribution in [0.4, 0.5) is 14.5 Å². The Morgan fingerprint density at radius 1 is 0.765 bits per heavy atom. The summed E-state index contributed by atoms with van der Waals surface area (Å²) in [6.07, 6.45) is 0. The Bertz CT molecular complexity index is 1100. The highest BCUT2D eigenvalue weighted by Crippen LogP contribution is 2.34. The molecule has 176 valence electrons. The molecule has 2 aliphatic rings. The van der Waals surface area contributed by atoms with Crippen molar-refractivity contribution < 1.29 is 13.6 Å². The van der Waals surface area contributed by atoms with Crippen molar-refractivity contribution in [3.63, 3.8) is 0 Å². The van der Waals surface area contributed by atoms with Crippen LogP contribution in [0.2, 0.25) is 0 Å². The SMILES string of the molecule is O=C(c1ccc(F)cc1)N1CC(CN2CCN(c3ccc(F)cc3)CC2)C(c2ccccc2)C1. The Kier molecular flexibility index (Phi) is 6.59. The van der Waals surface area contributed by atoms with Gasteiger partial charge >= 0.3 is 0 Å². The summed E-state index contributed by atoms with van der Waals surface area (Å²) in [5.74, 6) is 0.00237. The Hall–Kier alpha value is -3.25. The number of benzene rings is 3. The third-order valence-electron chi connectivity index (χ3n) is 7.10. The van der Waals surface area contributed by atoms with Crippen molar-refractivity contribution in [2.24, 2.45) is 5.92 Å². The predicted octanol–water partition coefficient (Wildman–Crippen LogP) is 4.64. The molecule has 0 N–H and O–H groups in total. The van der Waals surface area contributed by atoms with Gasteiger partial charge in [0.05, 0.1) is 0 Å². The van der Waals surface area contributed by atoms with Crippen LogP contribution < -0.4 is 4.90 Å². The van der Waals surface area contributed by atoms with Gasteiger partial charge in [-0.05, 0) is 60.0 Å². The molecule has 34 heavy (non-hydrogen) atoms. The van der Waals surface area contributed by atoms with Crippen LogP contribution in [0.15, 0.2) is 78.9 Å². The second-order valence-electron chi connectivity index (χ2n) is 9.26. The molecule has 3 aromatic rings. The van der Waals surface area contributed by atoms with Crippen LogP contribution in [0.5, 0.6) is 0 Å². The van der Waals surface area contributed by atoms with Crippen molar-refractivity contribution in [2.45, 2.75) is 5.92 Å². The summed E-state index contributed by atoms with van der Waals surface area (Å²) in [6, 6.07) is 22.9. The third-order valence-corrected chi connectivity index (χ3v) is 7.10. The lowest BCUT2D eigenvalue weighted by atomic mass is 9.88. The fourth-order valence-electron chi connectivity index (χ4n) is 5.25. The zero-order valence-electron chi connectivity index (χ0n) is 19.1. The van der Waals surface area contributed by atoms with E-state index < -0.39 is 0 Å². The van der Waals surface area contributed by atoms with Crippen molar-refractivity contribution in [3.8, 4) is 0 Å². The zero-order valence-corrected chi connectivity index (χ0v) is 19.1. The van der Waals surface area contributed by atoms with E-state index in [2.05, 4.69) is 34.1 Å². The summed E-state index contributed by atoms with van der Waals surface area (Å²) in [5.41, 5.74) is 2.84. The maximum Gasteiger partial charge on any atom is 0.253 e. The van der Waals surface area contributed by atoms with Gasteiger partial charge in [-0.3, -0.25) is 9.69 Å². The molecule has 6 heteroatoms. The van der Waals surface area contributed by atoms with Gasteiger partial charge < -0.3 is 9.80 Å². The molecule has 2 fully saturated rings. The van der Waals surface area contributed by atoms with Gasteiger partial charge in [0.25, 0.3) is 5.91 Å². The molecule has 1 amide bonds. The van der Waals surface area contributed by atoms with Gasteiger partial charge in [-0.1, -0.05) is 30.3 Å². The van der Waals surface area contributed by atoms with Crippen LogP contribution in [0.1, 0.15) is 21.8 Å². The average Bonchev–Trinajstić information content (AvgIpc) is 3.29. The van der Waals surface area contributed by atoms with Gasteiger partial charge in [-0.15, -0.1) is 0 Å². The second kappa shape index (κ2) is 9.94. The van der Waals surface area contributed by atoms with Crippen molar-refractivity contribution in [2.75, 3.05) is 50.7 Å². The number of anilines is 1. The van der Waals surface area contributed by atoms with Crippen molar-refractivity contribution in [3.05, 3.63) is 102 Å². The summed E-state index contributed by atoms with van der Waals surface area (Å²) in [6.45, 7) is 5.93. The maximum absolute atomic E-state index is 13.3. The van der Waals surface area contributed by atoms with Gasteiger partial charge in [0.15, 0.2) is 0 Å². The van der Waals surface area contributed by atoms with Crippen molar-refractivity contribution in [1.82, 2.24) is 9.80 Å². The number of carbonyl (C=O) groups is 1. The molecule has 3 aromatic carbocycles. The minimum atomic E-state index is -0.335. The zero-order chi connectivity index (χ0) is 23.5. The lowest BCUT2D eigenvalue weighted by molar-refractivity contribution is 0.0782. The number of likely N-dealkylation sites (tertiary alicyclic amines) is 1. The van der Waals surface area contributed by atoms with Crippen LogP contribution in [0.3, 0.4) is 0 Å². The molecule has 2 unspecified atom stereocenters. The lowest BCUT2D eigenvalue weighted by Crippen LogP contribution is -2.48. The second-order valence-corrected chi connectivity index (χ2v) is 9.26. The third kappa shape index (κ3) is 4.97. The Morgan fingerprint density at radius 2 is 1.38 bits per heavy atom. The van der Waals surface area contributed by atoms with E-state index in [0.29, 0.717) is 24.6 Å². The van der Waals surface area contributed by atoms with E-state index in [-0.39, 0.29) is 23.5 Å². The fraction of sp³-hybridized carbons (Fsp3) is 0.321. The Labute approximate surface area is 199 Å². The first-order valence-corrected chi connectivity index (χ1v) is 11.9. The first-order chi connectivity index (χ1) is 16.6. The molecule has 0 spiro atoms. The number of carbonyl (C=O) groups excluding carboxylic acids is 1. The largest absolute Gasteiger partial charge is 0.369 e. The van der Waals surface area contributed by atoms with Crippen LogP contribution in [-0.4, -0.2) is 61.5 Å². The average molecular weight is 462 g/mol. The topological polar surface area (TPSA) is 26.8 Å². The molecule has 2 heterocycles. The number of halogens is 2. The van der Waals surface area contributed by atoms with Gasteiger partial charge in [0.2, 0.25) is 0 Å². The van der Waals surface area contributed by atoms with Crippen molar-refractivity contribution >= 4 is 11.6 Å². The number of piperazine rings is 1. The molecular formula is C28H29F2N3O. The van der Waals surface area contributed by atoms with Gasteiger partial charge in [0, 0.05) is 63.0 Å². The van der Waals surface area contributed by atoms with E-state index in [1.54, 1.807) is 12.1 Å². The summed E-state index contributed by atoms with van der Waals surface area (Å²) < 4.78 is 26.6. The molecule has 0 aromatic heterocycles. The number of nitrogens with zero attached hydrogens (tertiary/aromatic N) is 3. The summed E-state index contributed by atoms with van der Waals surface area (Å²) in [5, 5.41) is 0. The Morgan fingerprint density at radius 3 is 2.03 bits per heavy atom. The molecule has 2 aliphatic heterocycles. The van der Waals surface area contributed by atoms with Gasteiger partial charge in [-0.2, -0.15) is 0 Å². The summed E-state index contributed by atoms with van der Waals surface area (Å²) >= 11 is 0. The van der Waals surface area contributed by atoms with E-state index in [9.17, 15) is 13.6 Å². The predicted molar refractivity (Wildman–Crippen MR) is 130 cm³/mol. The van der Waals surface area contributed by atoms with Crippen molar-refractivity contribution in [1.29, 1.82) is 0 Å². The van der Waals surface area contributed by atoms with E-state index in [1.807, 2.05) is 23.1 Å². The highest BCUT2D eigenvalue weighted by atomic mass is 19.1. The molecule has 0 saturated carbocycles. The number of rotatable bonds is 5. The summed E-state index contributed by atoms with van der Waals surface area (Å²) in [7, 11) is 0. The van der Waals surface area contributed by atoms with E-state index >= 15 is 0 Å². The van der Waals surface area contributed by atoms with Crippen LogP contribution in [0.25, 0.3) is 0 Å². The minimum absolute atomic E-state index is 0.0374. The standard InChI is InChI=1S/C28H29F2N3O/c29-24-8-6-22(7-9-24)28(34)33-19-23(27(20-33)21-4-2-1-3-5-21)18-31-14-16-32(17-15-31)26-12-10-25(30)11-13-26/h1-13,23,27H,14-20H2. The molecule has 2 saturated heterocycles. The summed E-state index contributed by atoms with van der Waals surface area (Å²) in [4.78, 5) is 19.8. The quantitative estimate of drug-likeness (QED) is 0.554. The molecule has 0 radical (unpaired) electrons. The van der Waals surface area contributed by atoms with E-state index in [0.717, 1.165) is 38.4 Å². The molecule has 0 bridgehead atoms. The normalized spacial score (nSPS) is 21.1. The molecule has 2 atom stereocenters. The van der Waals surface area contributed by atoms with E-state index in [4.69, 9.17) is 0 Å². The number of hydrogen-bond acceptors (Lipinski definition) is 3. The van der Waals surface area contributed by atoms with Crippen LogP contribution in [0, 0.1) is 17.6 Å². The lowest BCUT2D eigenvalue weighted by Gasteiger charge is -2.37. The van der Waals surface area contributed by atoms with E-state index in [1.165, 1.54) is 29.8 Å². The molecule has 4 nitrogen and oxygen atoms in total. The maximum atomic E-state index is 13.3.